The van der Waals surface area contributed by atoms with Gasteiger partial charge in [0.25, 0.3) is 5.91 Å². The fourth-order valence-corrected chi connectivity index (χ4v) is 4.93. The Balaban J connectivity index is 1.37. The molecule has 31 heavy (non-hydrogen) atoms. The monoisotopic (exact) mass is 434 g/mol. The van der Waals surface area contributed by atoms with Gasteiger partial charge >= 0.3 is 0 Å². The Kier molecular flexibility index (Phi) is 6.66. The van der Waals surface area contributed by atoms with Gasteiger partial charge in [0.05, 0.1) is 4.91 Å². The van der Waals surface area contributed by atoms with E-state index in [0.29, 0.717) is 4.91 Å². The summed E-state index contributed by atoms with van der Waals surface area (Å²) < 4.78 is 0. The minimum Gasteiger partial charge on any atom is -0.372 e. The molecule has 0 unspecified atom stereocenters. The van der Waals surface area contributed by atoms with Crippen molar-refractivity contribution < 1.29 is 4.79 Å². The van der Waals surface area contributed by atoms with E-state index in [0.717, 1.165) is 50.0 Å². The largest absolute Gasteiger partial charge is 0.372 e. The standard InChI is InChI=1S/C25H30N4OS/c1-4-27(5-2)21-12-8-20(9-13-21)18-23-24(30)26-25(31-23)29-16-14-28(15-17-29)22-10-6-19(3)7-11-22/h6-13,18H,4-5,14-17H2,1-3H3. The van der Waals surface area contributed by atoms with Gasteiger partial charge in [0, 0.05) is 50.6 Å². The number of piperazine rings is 1. The normalized spacial score (nSPS) is 18.0. The number of nitrogens with zero attached hydrogens (tertiary/aromatic N) is 4. The summed E-state index contributed by atoms with van der Waals surface area (Å²) in [5.41, 5.74) is 4.78. The van der Waals surface area contributed by atoms with E-state index in [-0.39, 0.29) is 5.91 Å². The average Bonchev–Trinajstić information content (AvgIpc) is 3.16. The van der Waals surface area contributed by atoms with Crippen molar-refractivity contribution in [3.05, 3.63) is 64.6 Å². The minimum absolute atomic E-state index is 0.131. The molecule has 0 radical (unpaired) electrons. The fourth-order valence-electron chi connectivity index (χ4n) is 3.97. The lowest BCUT2D eigenvalue weighted by Crippen LogP contribution is -2.47. The van der Waals surface area contributed by atoms with Gasteiger partial charge in [-0.1, -0.05) is 29.8 Å². The number of aryl methyl sites for hydroxylation is 1. The molecule has 0 N–H and O–H groups in total. The number of hydrogen-bond acceptors (Lipinski definition) is 5. The fraction of sp³-hybridized carbons (Fsp3) is 0.360. The highest BCUT2D eigenvalue weighted by Crippen LogP contribution is 2.31. The van der Waals surface area contributed by atoms with Gasteiger partial charge in [0.1, 0.15) is 0 Å². The number of aliphatic imine (C=N–C) groups is 1. The first-order chi connectivity index (χ1) is 15.1. The van der Waals surface area contributed by atoms with E-state index in [1.807, 2.05) is 6.08 Å². The molecule has 2 heterocycles. The molecule has 1 amide bonds. The van der Waals surface area contributed by atoms with Crippen molar-refractivity contribution in [1.29, 1.82) is 0 Å². The van der Waals surface area contributed by atoms with E-state index in [2.05, 4.69) is 89.0 Å². The van der Waals surface area contributed by atoms with Crippen LogP contribution in [0, 0.1) is 6.92 Å². The summed E-state index contributed by atoms with van der Waals surface area (Å²) in [5, 5.41) is 0.833. The number of carbonyl (C=O) groups is 1. The summed E-state index contributed by atoms with van der Waals surface area (Å²) >= 11 is 1.50. The van der Waals surface area contributed by atoms with Gasteiger partial charge in [0.2, 0.25) is 0 Å². The molecular weight excluding hydrogens is 404 g/mol. The molecule has 4 rings (SSSR count). The third kappa shape index (κ3) is 4.96. The Morgan fingerprint density at radius 3 is 2.16 bits per heavy atom. The summed E-state index contributed by atoms with van der Waals surface area (Å²) in [6.07, 6.45) is 1.96. The molecule has 6 heteroatoms. The number of carbonyl (C=O) groups excluding carboxylic acids is 1. The zero-order valence-corrected chi connectivity index (χ0v) is 19.4. The van der Waals surface area contributed by atoms with Gasteiger partial charge in [-0.3, -0.25) is 4.79 Å². The van der Waals surface area contributed by atoms with E-state index in [1.165, 1.54) is 28.7 Å². The van der Waals surface area contributed by atoms with Crippen LogP contribution in [0.5, 0.6) is 0 Å². The molecular formula is C25H30N4OS. The van der Waals surface area contributed by atoms with E-state index in [4.69, 9.17) is 0 Å². The van der Waals surface area contributed by atoms with Crippen molar-refractivity contribution in [1.82, 2.24) is 4.90 Å². The lowest BCUT2D eigenvalue weighted by atomic mass is 10.2. The molecule has 1 fully saturated rings. The van der Waals surface area contributed by atoms with Crippen LogP contribution in [0.2, 0.25) is 0 Å². The Morgan fingerprint density at radius 2 is 1.55 bits per heavy atom. The smallest absolute Gasteiger partial charge is 0.286 e. The number of rotatable bonds is 5. The highest BCUT2D eigenvalue weighted by Gasteiger charge is 2.28. The van der Waals surface area contributed by atoms with Gasteiger partial charge in [-0.25, -0.2) is 0 Å². The van der Waals surface area contributed by atoms with Crippen LogP contribution in [-0.2, 0) is 4.79 Å². The highest BCUT2D eigenvalue weighted by atomic mass is 32.2. The topological polar surface area (TPSA) is 39.1 Å². The Bertz CT molecular complexity index is 970. The predicted octanol–water partition coefficient (Wildman–Crippen LogP) is 4.63. The van der Waals surface area contributed by atoms with Crippen LogP contribution in [0.1, 0.15) is 25.0 Å². The van der Waals surface area contributed by atoms with Crippen LogP contribution in [0.15, 0.2) is 58.4 Å². The number of hydrogen-bond donors (Lipinski definition) is 0. The molecule has 2 aliphatic rings. The summed E-state index contributed by atoms with van der Waals surface area (Å²) in [5.74, 6) is -0.131. The van der Waals surface area contributed by atoms with Crippen LogP contribution in [-0.4, -0.2) is 55.2 Å². The Morgan fingerprint density at radius 1 is 0.935 bits per heavy atom. The van der Waals surface area contributed by atoms with Gasteiger partial charge in [0.15, 0.2) is 5.17 Å². The molecule has 162 valence electrons. The van der Waals surface area contributed by atoms with E-state index >= 15 is 0 Å². The number of amides is 1. The van der Waals surface area contributed by atoms with Crippen LogP contribution in [0.3, 0.4) is 0 Å². The molecule has 0 bridgehead atoms. The number of benzene rings is 2. The minimum atomic E-state index is -0.131. The van der Waals surface area contributed by atoms with E-state index < -0.39 is 0 Å². The second kappa shape index (κ2) is 9.60. The first kappa shape index (κ1) is 21.5. The van der Waals surface area contributed by atoms with Crippen molar-refractivity contribution in [2.75, 3.05) is 49.1 Å². The molecule has 5 nitrogen and oxygen atoms in total. The van der Waals surface area contributed by atoms with Crippen molar-refractivity contribution >= 4 is 40.3 Å². The van der Waals surface area contributed by atoms with Crippen LogP contribution < -0.4 is 9.80 Å². The molecule has 1 saturated heterocycles. The molecule has 0 aromatic heterocycles. The quantitative estimate of drug-likeness (QED) is 0.642. The highest BCUT2D eigenvalue weighted by molar-refractivity contribution is 8.18. The van der Waals surface area contributed by atoms with E-state index in [9.17, 15) is 4.79 Å². The number of amidine groups is 1. The average molecular weight is 435 g/mol. The van der Waals surface area contributed by atoms with Gasteiger partial charge < -0.3 is 14.7 Å². The van der Waals surface area contributed by atoms with Crippen molar-refractivity contribution in [2.45, 2.75) is 20.8 Å². The first-order valence-electron chi connectivity index (χ1n) is 11.0. The summed E-state index contributed by atoms with van der Waals surface area (Å²) in [6, 6.07) is 17.1. The van der Waals surface area contributed by atoms with Crippen LogP contribution in [0.25, 0.3) is 6.08 Å². The summed E-state index contributed by atoms with van der Waals surface area (Å²) in [4.78, 5) is 24.5. The Labute approximate surface area is 189 Å². The first-order valence-corrected chi connectivity index (χ1v) is 11.8. The van der Waals surface area contributed by atoms with E-state index in [1.54, 1.807) is 0 Å². The van der Waals surface area contributed by atoms with Crippen molar-refractivity contribution in [3.63, 3.8) is 0 Å². The molecule has 0 aliphatic carbocycles. The number of thioether (sulfide) groups is 1. The third-order valence-corrected chi connectivity index (χ3v) is 6.92. The molecule has 2 aliphatic heterocycles. The lowest BCUT2D eigenvalue weighted by Gasteiger charge is -2.36. The maximum absolute atomic E-state index is 12.5. The SMILES string of the molecule is CCN(CC)c1ccc(C=C2SC(N3CCN(c4ccc(C)cc4)CC3)=NC2=O)cc1. The molecule has 0 atom stereocenters. The Hall–Kier alpha value is -2.73. The predicted molar refractivity (Wildman–Crippen MR) is 133 cm³/mol. The molecule has 2 aromatic carbocycles. The van der Waals surface area contributed by atoms with Crippen LogP contribution >= 0.6 is 11.8 Å². The zero-order valence-electron chi connectivity index (χ0n) is 18.5. The van der Waals surface area contributed by atoms with Crippen molar-refractivity contribution in [2.24, 2.45) is 4.99 Å². The lowest BCUT2D eigenvalue weighted by molar-refractivity contribution is -0.113. The van der Waals surface area contributed by atoms with Crippen LogP contribution in [0.4, 0.5) is 11.4 Å². The maximum atomic E-state index is 12.5. The summed E-state index contributed by atoms with van der Waals surface area (Å²) in [6.45, 7) is 12.0. The van der Waals surface area contributed by atoms with Gasteiger partial charge in [-0.05, 0) is 68.4 Å². The third-order valence-electron chi connectivity index (χ3n) is 5.88. The maximum Gasteiger partial charge on any atom is 0.286 e. The van der Waals surface area contributed by atoms with Gasteiger partial charge in [-0.15, -0.1) is 0 Å². The zero-order chi connectivity index (χ0) is 21.8. The molecule has 2 aromatic rings. The van der Waals surface area contributed by atoms with Gasteiger partial charge in [-0.2, -0.15) is 4.99 Å². The molecule has 0 spiro atoms. The second-order valence-electron chi connectivity index (χ2n) is 7.88. The second-order valence-corrected chi connectivity index (χ2v) is 8.89. The van der Waals surface area contributed by atoms with Crippen molar-refractivity contribution in [3.8, 4) is 0 Å². The summed E-state index contributed by atoms with van der Waals surface area (Å²) in [7, 11) is 0. The molecule has 0 saturated carbocycles. The number of anilines is 2.